The molecule has 0 N–H and O–H groups in total. The summed E-state index contributed by atoms with van der Waals surface area (Å²) in [6, 6.07) is 5.49. The Bertz CT molecular complexity index is 1530. The number of esters is 1. The molecule has 2 aromatic heterocycles. The van der Waals surface area contributed by atoms with Crippen molar-refractivity contribution in [3.63, 3.8) is 0 Å². The molecule has 0 radical (unpaired) electrons. The molecule has 0 saturated carbocycles. The molecule has 39 heavy (non-hydrogen) atoms. The van der Waals surface area contributed by atoms with Crippen LogP contribution >= 0.6 is 0 Å². The van der Waals surface area contributed by atoms with Crippen molar-refractivity contribution in [2.24, 2.45) is 14.1 Å². The molecule has 208 valence electrons. The first-order valence-electron chi connectivity index (χ1n) is 11.5. The number of aromatic nitrogens is 5. The Balaban J connectivity index is 1.97. The average molecular weight is 551 g/mol. The van der Waals surface area contributed by atoms with E-state index in [4.69, 9.17) is 14.2 Å². The van der Waals surface area contributed by atoms with E-state index in [2.05, 4.69) is 20.1 Å². The van der Waals surface area contributed by atoms with Crippen LogP contribution < -0.4 is 14.2 Å². The van der Waals surface area contributed by atoms with Crippen molar-refractivity contribution >= 4 is 16.9 Å². The summed E-state index contributed by atoms with van der Waals surface area (Å²) in [5, 5.41) is 12.4. The average Bonchev–Trinajstić information content (AvgIpc) is 3.38. The molecule has 0 saturated heterocycles. The lowest BCUT2D eigenvalue weighted by Crippen LogP contribution is -2.25. The predicted octanol–water partition coefficient (Wildman–Crippen LogP) is 5.20. The highest BCUT2D eigenvalue weighted by Gasteiger charge is 2.29. The Hall–Kier alpha value is -4.36. The van der Waals surface area contributed by atoms with Crippen LogP contribution in [0, 0.1) is 0 Å². The van der Waals surface area contributed by atoms with Gasteiger partial charge in [0, 0.05) is 25.2 Å². The van der Waals surface area contributed by atoms with E-state index in [1.807, 2.05) is 0 Å². The summed E-state index contributed by atoms with van der Waals surface area (Å²) in [6.45, 7) is -1.63. The second-order valence-electron chi connectivity index (χ2n) is 9.43. The van der Waals surface area contributed by atoms with Gasteiger partial charge in [-0.25, -0.2) is 4.79 Å². The van der Waals surface area contributed by atoms with Crippen molar-refractivity contribution in [1.29, 1.82) is 0 Å². The van der Waals surface area contributed by atoms with Gasteiger partial charge < -0.3 is 18.9 Å². The lowest BCUT2D eigenvalue weighted by molar-refractivity contribution is -0.0512. The summed E-state index contributed by atoms with van der Waals surface area (Å²) in [7, 11) is 4.42. The number of halogens is 4. The molecular weight excluding hydrogens is 526 g/mol. The van der Waals surface area contributed by atoms with Crippen LogP contribution in [0.4, 0.5) is 17.6 Å². The summed E-state index contributed by atoms with van der Waals surface area (Å²) in [4.78, 5) is 12.9. The number of fused-ring (bicyclic) bond motifs is 1. The molecule has 2 heterocycles. The molecule has 0 atom stereocenters. The SMILES string of the molecule is COc1cc(-c2c3c(OC(F)F)cc(-c4cn(C)nn4)cc3nn2C)cc(OC(F)F)c1C(=O)OC(C)(C)C. The van der Waals surface area contributed by atoms with E-state index in [-0.39, 0.29) is 39.2 Å². The molecule has 0 fully saturated rings. The number of hydrogen-bond acceptors (Lipinski definition) is 8. The highest BCUT2D eigenvalue weighted by atomic mass is 19.3. The number of methoxy groups -OCH3 is 1. The van der Waals surface area contributed by atoms with Gasteiger partial charge in [0.1, 0.15) is 34.1 Å². The zero-order chi connectivity index (χ0) is 28.6. The Labute approximate surface area is 220 Å². The third kappa shape index (κ3) is 5.89. The number of hydrogen-bond donors (Lipinski definition) is 0. The van der Waals surface area contributed by atoms with Crippen LogP contribution in [0.1, 0.15) is 31.1 Å². The van der Waals surface area contributed by atoms with Crippen LogP contribution in [0.15, 0.2) is 30.5 Å². The van der Waals surface area contributed by atoms with Crippen molar-refractivity contribution in [3.05, 3.63) is 36.0 Å². The van der Waals surface area contributed by atoms with Gasteiger partial charge in [0.25, 0.3) is 0 Å². The summed E-state index contributed by atoms with van der Waals surface area (Å²) in [6.07, 6.45) is 1.59. The maximum Gasteiger partial charge on any atom is 0.387 e. The van der Waals surface area contributed by atoms with Crippen molar-refractivity contribution in [3.8, 4) is 39.8 Å². The third-order valence-corrected chi connectivity index (χ3v) is 5.39. The first-order valence-corrected chi connectivity index (χ1v) is 11.5. The van der Waals surface area contributed by atoms with Crippen molar-refractivity contribution in [2.45, 2.75) is 39.6 Å². The van der Waals surface area contributed by atoms with E-state index in [1.54, 1.807) is 40.1 Å². The van der Waals surface area contributed by atoms with E-state index in [9.17, 15) is 22.4 Å². The maximum atomic E-state index is 13.5. The molecule has 14 heteroatoms. The smallest absolute Gasteiger partial charge is 0.387 e. The fourth-order valence-electron chi connectivity index (χ4n) is 4.05. The monoisotopic (exact) mass is 551 g/mol. The molecule has 10 nitrogen and oxygen atoms in total. The van der Waals surface area contributed by atoms with Gasteiger partial charge in [-0.05, 0) is 45.0 Å². The number of benzene rings is 2. The van der Waals surface area contributed by atoms with Gasteiger partial charge in [0.2, 0.25) is 0 Å². The number of ether oxygens (including phenoxy) is 4. The number of alkyl halides is 4. The van der Waals surface area contributed by atoms with Gasteiger partial charge in [0.15, 0.2) is 0 Å². The Morgan fingerprint density at radius 1 is 0.923 bits per heavy atom. The first-order chi connectivity index (χ1) is 18.3. The van der Waals surface area contributed by atoms with Crippen LogP contribution in [-0.4, -0.2) is 56.7 Å². The minimum absolute atomic E-state index is 0.140. The van der Waals surface area contributed by atoms with Gasteiger partial charge in [-0.1, -0.05) is 5.21 Å². The van der Waals surface area contributed by atoms with Gasteiger partial charge in [-0.3, -0.25) is 9.36 Å². The second kappa shape index (κ2) is 10.4. The van der Waals surface area contributed by atoms with Gasteiger partial charge >= 0.3 is 19.2 Å². The molecule has 0 amide bonds. The van der Waals surface area contributed by atoms with E-state index in [0.717, 1.165) is 6.07 Å². The van der Waals surface area contributed by atoms with E-state index in [1.165, 1.54) is 35.7 Å². The zero-order valence-electron chi connectivity index (χ0n) is 21.8. The van der Waals surface area contributed by atoms with Crippen LogP contribution in [0.5, 0.6) is 17.2 Å². The number of nitrogens with zero attached hydrogens (tertiary/aromatic N) is 5. The summed E-state index contributed by atoms with van der Waals surface area (Å²) < 4.78 is 76.8. The number of carbonyl (C=O) groups excluding carboxylic acids is 1. The third-order valence-electron chi connectivity index (χ3n) is 5.39. The van der Waals surface area contributed by atoms with E-state index >= 15 is 0 Å². The standard InChI is InChI=1S/C25H25F4N5O5/c1-25(2,3)39-22(35)20-16(36-6)9-13(10-18(20)38-24(28)29)21-19-14(31-34(21)5)7-12(8-17(19)37-23(26)27)15-11-33(4)32-30-15/h7-11,23-24H,1-6H3. The van der Waals surface area contributed by atoms with Crippen molar-refractivity contribution in [1.82, 2.24) is 24.8 Å². The lowest BCUT2D eigenvalue weighted by atomic mass is 10.0. The summed E-state index contributed by atoms with van der Waals surface area (Å²) in [5.41, 5.74) is 0.126. The molecule has 0 aliphatic heterocycles. The molecule has 2 aromatic carbocycles. The van der Waals surface area contributed by atoms with Crippen LogP contribution in [0.2, 0.25) is 0 Å². The molecule has 0 spiro atoms. The minimum atomic E-state index is -3.29. The summed E-state index contributed by atoms with van der Waals surface area (Å²) in [5.74, 6) is -1.86. The zero-order valence-corrected chi connectivity index (χ0v) is 21.8. The number of carbonyl (C=O) groups is 1. The van der Waals surface area contributed by atoms with Crippen LogP contribution in [0.3, 0.4) is 0 Å². The van der Waals surface area contributed by atoms with Crippen LogP contribution in [0.25, 0.3) is 33.4 Å². The quantitative estimate of drug-likeness (QED) is 0.218. The second-order valence-corrected chi connectivity index (χ2v) is 9.43. The predicted molar refractivity (Wildman–Crippen MR) is 131 cm³/mol. The summed E-state index contributed by atoms with van der Waals surface area (Å²) >= 11 is 0. The Kier molecular flexibility index (Phi) is 7.39. The fraction of sp³-hybridized carbons (Fsp3) is 0.360. The molecule has 0 aliphatic rings. The molecule has 4 rings (SSSR count). The molecule has 4 aromatic rings. The lowest BCUT2D eigenvalue weighted by Gasteiger charge is -2.22. The first kappa shape index (κ1) is 27.7. The van der Waals surface area contributed by atoms with E-state index < -0.39 is 30.5 Å². The molecule has 0 aliphatic carbocycles. The number of rotatable bonds is 8. The Morgan fingerprint density at radius 3 is 2.10 bits per heavy atom. The molecular formula is C25H25F4N5O5. The van der Waals surface area contributed by atoms with Gasteiger partial charge in [-0.15, -0.1) is 5.10 Å². The fourth-order valence-corrected chi connectivity index (χ4v) is 4.05. The highest BCUT2D eigenvalue weighted by Crippen LogP contribution is 2.43. The van der Waals surface area contributed by atoms with Crippen molar-refractivity contribution < 1.29 is 41.3 Å². The van der Waals surface area contributed by atoms with E-state index in [0.29, 0.717) is 11.3 Å². The largest absolute Gasteiger partial charge is 0.496 e. The maximum absolute atomic E-state index is 13.5. The normalized spacial score (nSPS) is 11.9. The van der Waals surface area contributed by atoms with Crippen molar-refractivity contribution in [2.75, 3.05) is 7.11 Å². The minimum Gasteiger partial charge on any atom is -0.496 e. The topological polar surface area (TPSA) is 103 Å². The Morgan fingerprint density at radius 2 is 1.54 bits per heavy atom. The molecule has 0 unspecified atom stereocenters. The van der Waals surface area contributed by atoms with Crippen LogP contribution in [-0.2, 0) is 18.8 Å². The van der Waals surface area contributed by atoms with Gasteiger partial charge in [0.05, 0.1) is 29.9 Å². The van der Waals surface area contributed by atoms with Gasteiger partial charge in [-0.2, -0.15) is 22.7 Å². The number of aryl methyl sites for hydroxylation is 2. The highest BCUT2D eigenvalue weighted by molar-refractivity contribution is 6.02. The molecule has 0 bridgehead atoms.